The summed E-state index contributed by atoms with van der Waals surface area (Å²) in [5.74, 6) is -1.85. The zero-order chi connectivity index (χ0) is 18.4. The second-order valence-electron chi connectivity index (χ2n) is 4.35. The smallest absolute Gasteiger partial charge is 0.354 e. The number of esters is 2. The first-order chi connectivity index (χ1) is 11.2. The molecule has 0 aliphatic heterocycles. The Morgan fingerprint density at radius 2 is 1.75 bits per heavy atom. The first kappa shape index (κ1) is 18.5. The van der Waals surface area contributed by atoms with Gasteiger partial charge in [0.1, 0.15) is 5.70 Å². The van der Waals surface area contributed by atoms with Gasteiger partial charge in [-0.1, -0.05) is 0 Å². The summed E-state index contributed by atoms with van der Waals surface area (Å²) in [4.78, 5) is 43.3. The Morgan fingerprint density at radius 1 is 1.12 bits per heavy atom. The number of nitro groups is 2. The van der Waals surface area contributed by atoms with Crippen LogP contribution in [0.15, 0.2) is 23.9 Å². The number of carbonyl (C=O) groups is 2. The molecule has 0 fully saturated rings. The van der Waals surface area contributed by atoms with Crippen LogP contribution in [0.25, 0.3) is 0 Å². The van der Waals surface area contributed by atoms with E-state index in [0.717, 1.165) is 32.4 Å². The normalized spacial score (nSPS) is 10.7. The fourth-order valence-electron chi connectivity index (χ4n) is 1.69. The molecule has 0 bridgehead atoms. The number of nitrogens with one attached hydrogen (secondary N) is 1. The quantitative estimate of drug-likeness (QED) is 0.351. The summed E-state index contributed by atoms with van der Waals surface area (Å²) < 4.78 is 8.87. The lowest BCUT2D eigenvalue weighted by molar-refractivity contribution is -0.394. The van der Waals surface area contributed by atoms with Gasteiger partial charge >= 0.3 is 11.9 Å². The number of nitro benzene ring substituents is 2. The Balaban J connectivity index is 3.45. The highest BCUT2D eigenvalue weighted by Crippen LogP contribution is 2.32. The van der Waals surface area contributed by atoms with Crippen LogP contribution in [0.2, 0.25) is 0 Å². The molecule has 0 atom stereocenters. The van der Waals surface area contributed by atoms with Crippen molar-refractivity contribution in [1.82, 2.24) is 0 Å². The fourth-order valence-corrected chi connectivity index (χ4v) is 1.69. The van der Waals surface area contributed by atoms with Gasteiger partial charge in [-0.3, -0.25) is 20.2 Å². The Labute approximate surface area is 135 Å². The maximum atomic E-state index is 11.7. The minimum Gasteiger partial charge on any atom is -0.466 e. The molecule has 24 heavy (non-hydrogen) atoms. The van der Waals surface area contributed by atoms with Crippen molar-refractivity contribution in [3.63, 3.8) is 0 Å². The first-order valence-electron chi connectivity index (χ1n) is 6.29. The van der Waals surface area contributed by atoms with Gasteiger partial charge in [0.05, 0.1) is 47.5 Å². The molecule has 128 valence electrons. The van der Waals surface area contributed by atoms with Crippen molar-refractivity contribution in [1.29, 1.82) is 0 Å². The van der Waals surface area contributed by atoms with E-state index in [1.54, 1.807) is 0 Å². The lowest BCUT2D eigenvalue weighted by atomic mass is 10.1. The Kier molecular flexibility index (Phi) is 5.93. The van der Waals surface area contributed by atoms with Crippen LogP contribution in [0.3, 0.4) is 0 Å². The molecule has 0 aliphatic carbocycles. The third-order valence-corrected chi connectivity index (χ3v) is 2.91. The minimum atomic E-state index is -0.964. The molecule has 1 aromatic carbocycles. The van der Waals surface area contributed by atoms with Crippen molar-refractivity contribution >= 4 is 29.0 Å². The highest BCUT2D eigenvalue weighted by Gasteiger charge is 2.23. The van der Waals surface area contributed by atoms with E-state index >= 15 is 0 Å². The standard InChI is InChI=1S/C13H13N3O8/c1-7-9(4-8(15(19)20)5-11(7)16(21)22)14-10(13(18)24-3)6-12(17)23-2/h4-6,14H,1-3H3/b10-6+. The monoisotopic (exact) mass is 339 g/mol. The number of carbonyl (C=O) groups excluding carboxylic acids is 2. The summed E-state index contributed by atoms with van der Waals surface area (Å²) >= 11 is 0. The summed E-state index contributed by atoms with van der Waals surface area (Å²) in [7, 11) is 2.13. The molecule has 11 nitrogen and oxygen atoms in total. The lowest BCUT2D eigenvalue weighted by Gasteiger charge is -2.11. The van der Waals surface area contributed by atoms with Crippen molar-refractivity contribution in [2.45, 2.75) is 6.92 Å². The van der Waals surface area contributed by atoms with E-state index in [4.69, 9.17) is 0 Å². The number of methoxy groups -OCH3 is 2. The van der Waals surface area contributed by atoms with Gasteiger partial charge in [-0.05, 0) is 6.92 Å². The molecule has 0 saturated heterocycles. The first-order valence-corrected chi connectivity index (χ1v) is 6.29. The van der Waals surface area contributed by atoms with Crippen molar-refractivity contribution in [2.75, 3.05) is 19.5 Å². The van der Waals surface area contributed by atoms with Crippen LogP contribution < -0.4 is 5.32 Å². The number of hydrogen-bond acceptors (Lipinski definition) is 9. The molecule has 0 radical (unpaired) electrons. The van der Waals surface area contributed by atoms with E-state index in [9.17, 15) is 29.8 Å². The van der Waals surface area contributed by atoms with E-state index in [0.29, 0.717) is 0 Å². The lowest BCUT2D eigenvalue weighted by Crippen LogP contribution is -2.16. The number of ether oxygens (including phenoxy) is 2. The summed E-state index contributed by atoms with van der Waals surface area (Å²) in [6.45, 7) is 1.33. The molecule has 1 aromatic rings. The number of hydrogen-bond donors (Lipinski definition) is 1. The maximum absolute atomic E-state index is 11.7. The SMILES string of the molecule is COC(=O)/C=C(/Nc1cc([N+](=O)[O-])cc([N+](=O)[O-])c1C)C(=O)OC. The molecule has 0 amide bonds. The van der Waals surface area contributed by atoms with E-state index in [-0.39, 0.29) is 11.3 Å². The van der Waals surface area contributed by atoms with Gasteiger partial charge in [0.25, 0.3) is 11.4 Å². The Morgan fingerprint density at radius 3 is 2.21 bits per heavy atom. The van der Waals surface area contributed by atoms with Gasteiger partial charge in [-0.25, -0.2) is 9.59 Å². The van der Waals surface area contributed by atoms with Crippen molar-refractivity contribution < 1.29 is 28.9 Å². The van der Waals surface area contributed by atoms with Gasteiger partial charge in [0.15, 0.2) is 0 Å². The molecule has 0 saturated carbocycles. The summed E-state index contributed by atoms with van der Waals surface area (Å²) in [6.07, 6.45) is 0.760. The molecule has 1 rings (SSSR count). The van der Waals surface area contributed by atoms with E-state index in [2.05, 4.69) is 14.8 Å². The highest BCUT2D eigenvalue weighted by atomic mass is 16.6. The van der Waals surface area contributed by atoms with Crippen LogP contribution in [0.4, 0.5) is 17.1 Å². The molecular weight excluding hydrogens is 326 g/mol. The topological polar surface area (TPSA) is 151 Å². The molecule has 0 unspecified atom stereocenters. The van der Waals surface area contributed by atoms with Gasteiger partial charge in [-0.2, -0.15) is 0 Å². The van der Waals surface area contributed by atoms with E-state index < -0.39 is 38.9 Å². The number of nitrogens with zero attached hydrogens (tertiary/aromatic N) is 2. The zero-order valence-electron chi connectivity index (χ0n) is 12.9. The van der Waals surface area contributed by atoms with Crippen LogP contribution in [-0.2, 0) is 19.1 Å². The Hall–Kier alpha value is -3.50. The number of rotatable bonds is 6. The summed E-state index contributed by atoms with van der Waals surface area (Å²) in [6, 6.07) is 1.79. The van der Waals surface area contributed by atoms with Gasteiger partial charge in [0.2, 0.25) is 0 Å². The zero-order valence-corrected chi connectivity index (χ0v) is 12.9. The van der Waals surface area contributed by atoms with Gasteiger partial charge in [0, 0.05) is 6.07 Å². The van der Waals surface area contributed by atoms with Gasteiger partial charge < -0.3 is 14.8 Å². The maximum Gasteiger partial charge on any atom is 0.354 e. The molecule has 0 aliphatic rings. The fraction of sp³-hybridized carbons (Fsp3) is 0.231. The molecule has 0 heterocycles. The minimum absolute atomic E-state index is 0.0327. The second kappa shape index (κ2) is 7.67. The molecule has 1 N–H and O–H groups in total. The van der Waals surface area contributed by atoms with Gasteiger partial charge in [-0.15, -0.1) is 0 Å². The third-order valence-electron chi connectivity index (χ3n) is 2.91. The molecule has 0 aromatic heterocycles. The van der Waals surface area contributed by atoms with Crippen LogP contribution in [0.1, 0.15) is 5.56 Å². The Bertz CT molecular complexity index is 741. The number of benzene rings is 1. The number of anilines is 1. The molecular formula is C13H13N3O8. The van der Waals surface area contributed by atoms with Crippen LogP contribution >= 0.6 is 0 Å². The van der Waals surface area contributed by atoms with Crippen LogP contribution in [0, 0.1) is 27.2 Å². The third kappa shape index (κ3) is 4.25. The van der Waals surface area contributed by atoms with Crippen molar-refractivity contribution in [3.05, 3.63) is 49.7 Å². The number of non-ortho nitro benzene ring substituents is 1. The van der Waals surface area contributed by atoms with Crippen LogP contribution in [0.5, 0.6) is 0 Å². The van der Waals surface area contributed by atoms with E-state index in [1.807, 2.05) is 0 Å². The highest BCUT2D eigenvalue weighted by molar-refractivity contribution is 5.99. The average molecular weight is 339 g/mol. The van der Waals surface area contributed by atoms with Crippen molar-refractivity contribution in [3.8, 4) is 0 Å². The summed E-state index contributed by atoms with van der Waals surface area (Å²) in [5, 5.41) is 24.4. The summed E-state index contributed by atoms with van der Waals surface area (Å²) in [5.41, 5.74) is -1.55. The predicted octanol–water partition coefficient (Wildman–Crippen LogP) is 1.45. The van der Waals surface area contributed by atoms with Crippen LogP contribution in [-0.4, -0.2) is 36.0 Å². The molecule has 0 spiro atoms. The van der Waals surface area contributed by atoms with E-state index in [1.165, 1.54) is 6.92 Å². The largest absolute Gasteiger partial charge is 0.466 e. The van der Waals surface area contributed by atoms with Crippen molar-refractivity contribution in [2.24, 2.45) is 0 Å². The second-order valence-corrected chi connectivity index (χ2v) is 4.35. The predicted molar refractivity (Wildman–Crippen MR) is 80.2 cm³/mol. The molecule has 11 heteroatoms. The average Bonchev–Trinajstić information content (AvgIpc) is 2.54.